The molecule has 0 aromatic heterocycles. The first-order valence-electron chi connectivity index (χ1n) is 10.6. The Bertz CT molecular complexity index is 313. The van der Waals surface area contributed by atoms with Crippen molar-refractivity contribution in [3.63, 3.8) is 0 Å². The van der Waals surface area contributed by atoms with Gasteiger partial charge in [-0.1, -0.05) is 0 Å². The van der Waals surface area contributed by atoms with Gasteiger partial charge < -0.3 is 0 Å². The van der Waals surface area contributed by atoms with Crippen molar-refractivity contribution in [3.05, 3.63) is 9.67 Å². The average Bonchev–Trinajstić information content (AvgIpc) is 2.62. The van der Waals surface area contributed by atoms with Crippen LogP contribution in [-0.2, 0) is 9.47 Å². The summed E-state index contributed by atoms with van der Waals surface area (Å²) < 4.78 is 19.2. The quantitative estimate of drug-likeness (QED) is 0.288. The second kappa shape index (κ2) is 13.6. The predicted molar refractivity (Wildman–Crippen MR) is 108 cm³/mol. The normalized spacial score (nSPS) is 19.7. The van der Waals surface area contributed by atoms with Crippen molar-refractivity contribution in [2.75, 3.05) is 13.2 Å². The van der Waals surface area contributed by atoms with E-state index in [0.29, 0.717) is 0 Å². The van der Waals surface area contributed by atoms with Crippen LogP contribution in [0, 0.1) is 0 Å². The Labute approximate surface area is 155 Å². The van der Waals surface area contributed by atoms with Gasteiger partial charge in [-0.2, -0.15) is 0 Å². The van der Waals surface area contributed by atoms with Crippen LogP contribution in [0.4, 0.5) is 0 Å². The molecule has 1 fully saturated rings. The van der Waals surface area contributed by atoms with Crippen LogP contribution in [0.15, 0.2) is 9.67 Å². The summed E-state index contributed by atoms with van der Waals surface area (Å²) in [6.07, 6.45) is 11.9. The fourth-order valence-corrected chi connectivity index (χ4v) is 19.5. The molecule has 2 nitrogen and oxygen atoms in total. The van der Waals surface area contributed by atoms with Gasteiger partial charge in [0.1, 0.15) is 0 Å². The molecule has 0 spiro atoms. The maximum absolute atomic E-state index is 6.05. The van der Waals surface area contributed by atoms with Crippen LogP contribution < -0.4 is 0 Å². The molecule has 0 amide bonds. The van der Waals surface area contributed by atoms with Crippen LogP contribution in [0.25, 0.3) is 0 Å². The van der Waals surface area contributed by atoms with Gasteiger partial charge in [-0.3, -0.25) is 0 Å². The molecule has 0 aliphatic carbocycles. The number of unbranched alkanes of at least 4 members (excludes halogenated alkanes) is 3. The second-order valence-corrected chi connectivity index (χ2v) is 20.7. The average molecular weight is 445 g/mol. The third kappa shape index (κ3) is 9.24. The Morgan fingerprint density at radius 3 is 2.04 bits per heavy atom. The van der Waals surface area contributed by atoms with Crippen molar-refractivity contribution in [3.8, 4) is 0 Å². The molecule has 1 unspecified atom stereocenters. The first-order chi connectivity index (χ1) is 11.7. The van der Waals surface area contributed by atoms with Crippen molar-refractivity contribution < 1.29 is 9.47 Å². The molecule has 1 heterocycles. The number of ether oxygens (including phenoxy) is 2. The zero-order valence-electron chi connectivity index (χ0n) is 16.9. The van der Waals surface area contributed by atoms with E-state index in [1.807, 2.05) is 0 Å². The molecule has 0 saturated carbocycles. The predicted octanol–water partition coefficient (Wildman–Crippen LogP) is 6.86. The van der Waals surface area contributed by atoms with E-state index >= 15 is 0 Å². The molecule has 1 saturated heterocycles. The van der Waals surface area contributed by atoms with Crippen molar-refractivity contribution >= 4 is 18.4 Å². The monoisotopic (exact) mass is 446 g/mol. The summed E-state index contributed by atoms with van der Waals surface area (Å²) in [7, 11) is 0. The number of hydrogen-bond donors (Lipinski definition) is 0. The van der Waals surface area contributed by atoms with Gasteiger partial charge >= 0.3 is 156 Å². The Morgan fingerprint density at radius 2 is 1.58 bits per heavy atom. The van der Waals surface area contributed by atoms with Crippen LogP contribution in [-0.4, -0.2) is 37.9 Å². The zero-order valence-corrected chi connectivity index (χ0v) is 19.7. The summed E-state index contributed by atoms with van der Waals surface area (Å²) in [5, 5.41) is 0. The van der Waals surface area contributed by atoms with E-state index in [2.05, 4.69) is 31.8 Å². The van der Waals surface area contributed by atoms with Crippen molar-refractivity contribution in [2.45, 2.75) is 105 Å². The molecule has 0 aromatic carbocycles. The summed E-state index contributed by atoms with van der Waals surface area (Å²) >= 11 is -2.15. The Balaban J connectivity index is 2.68. The fraction of sp³-hybridized carbons (Fsp3) is 0.905. The summed E-state index contributed by atoms with van der Waals surface area (Å²) in [6.45, 7) is 11.0. The van der Waals surface area contributed by atoms with Gasteiger partial charge in [0.25, 0.3) is 0 Å². The molecule has 1 rings (SSSR count). The van der Waals surface area contributed by atoms with Gasteiger partial charge in [-0.25, -0.2) is 0 Å². The van der Waals surface area contributed by atoms with Crippen LogP contribution in [0.1, 0.15) is 85.5 Å². The van der Waals surface area contributed by atoms with E-state index in [1.54, 1.807) is 13.3 Å². The molecule has 1 atom stereocenters. The molecule has 142 valence electrons. The standard InChI is InChI=1S/C9H15O2.3C4H9.Sn/c1-8(2)7-11-9-5-3-4-6-10-9;3*1-3-4-2;/h1,9H,3-7H2,2H3;3*1,3-4H2,2H3;. The summed E-state index contributed by atoms with van der Waals surface area (Å²) in [5.74, 6) is 0. The molecule has 0 bridgehead atoms. The molecule has 24 heavy (non-hydrogen) atoms. The number of rotatable bonds is 13. The maximum atomic E-state index is 6.05. The molecular weight excluding hydrogens is 403 g/mol. The van der Waals surface area contributed by atoms with E-state index in [0.717, 1.165) is 19.6 Å². The Morgan fingerprint density at radius 1 is 1.00 bits per heavy atom. The molecule has 1 aliphatic heterocycles. The Hall–Kier alpha value is 0.459. The van der Waals surface area contributed by atoms with Gasteiger partial charge in [0.15, 0.2) is 0 Å². The summed E-state index contributed by atoms with van der Waals surface area (Å²) in [4.78, 5) is 0. The fourth-order valence-electron chi connectivity index (χ4n) is 3.81. The number of hydrogen-bond acceptors (Lipinski definition) is 2. The van der Waals surface area contributed by atoms with E-state index in [9.17, 15) is 0 Å². The van der Waals surface area contributed by atoms with Crippen LogP contribution >= 0.6 is 0 Å². The van der Waals surface area contributed by atoms with Gasteiger partial charge in [0, 0.05) is 0 Å². The van der Waals surface area contributed by atoms with Crippen molar-refractivity contribution in [1.29, 1.82) is 0 Å². The minimum atomic E-state index is -2.15. The third-order valence-electron chi connectivity index (χ3n) is 5.27. The molecule has 0 aromatic rings. The third-order valence-corrected chi connectivity index (χ3v) is 20.0. The SMILES string of the molecule is CCC[CH2][Sn](/[CH]=C(\C)COC1CCCCO1)([CH2]CCC)[CH2]CCC. The molecule has 1 aliphatic rings. The zero-order chi connectivity index (χ0) is 17.7. The summed E-state index contributed by atoms with van der Waals surface area (Å²) in [6, 6.07) is 0. The molecular formula is C21H42O2Sn. The molecule has 0 radical (unpaired) electrons. The minimum absolute atomic E-state index is 0.0497. The molecule has 0 N–H and O–H groups in total. The van der Waals surface area contributed by atoms with Gasteiger partial charge in [0.05, 0.1) is 0 Å². The van der Waals surface area contributed by atoms with Gasteiger partial charge in [-0.15, -0.1) is 0 Å². The van der Waals surface area contributed by atoms with E-state index < -0.39 is 18.4 Å². The van der Waals surface area contributed by atoms with Crippen LogP contribution in [0.2, 0.25) is 13.3 Å². The van der Waals surface area contributed by atoms with Crippen molar-refractivity contribution in [1.82, 2.24) is 0 Å². The van der Waals surface area contributed by atoms with Gasteiger partial charge in [-0.05, 0) is 0 Å². The summed E-state index contributed by atoms with van der Waals surface area (Å²) in [5.41, 5.74) is 1.49. The Kier molecular flexibility index (Phi) is 12.8. The van der Waals surface area contributed by atoms with Crippen LogP contribution in [0.3, 0.4) is 0 Å². The van der Waals surface area contributed by atoms with Crippen LogP contribution in [0.5, 0.6) is 0 Å². The topological polar surface area (TPSA) is 18.5 Å². The van der Waals surface area contributed by atoms with E-state index in [-0.39, 0.29) is 6.29 Å². The van der Waals surface area contributed by atoms with E-state index in [4.69, 9.17) is 9.47 Å². The second-order valence-electron chi connectivity index (χ2n) is 7.77. The first-order valence-corrected chi connectivity index (χ1v) is 18.3. The first kappa shape index (κ1) is 22.5. The van der Waals surface area contributed by atoms with Crippen molar-refractivity contribution in [2.24, 2.45) is 0 Å². The van der Waals surface area contributed by atoms with E-state index in [1.165, 1.54) is 56.9 Å². The molecule has 3 heteroatoms. The van der Waals surface area contributed by atoms with Gasteiger partial charge in [0.2, 0.25) is 0 Å².